The zero-order valence-corrected chi connectivity index (χ0v) is 15.9. The van der Waals surface area contributed by atoms with Crippen molar-refractivity contribution >= 4 is 6.09 Å². The SMILES string of the molecule is CC(CC1CCN(C(=O)OC(C)(C)C)C1)NCc1nnc2n1CCC2. The summed E-state index contributed by atoms with van der Waals surface area (Å²) in [7, 11) is 0. The van der Waals surface area contributed by atoms with Gasteiger partial charge in [0.15, 0.2) is 0 Å². The van der Waals surface area contributed by atoms with Crippen molar-refractivity contribution in [3.8, 4) is 0 Å². The van der Waals surface area contributed by atoms with Gasteiger partial charge in [-0.3, -0.25) is 0 Å². The maximum absolute atomic E-state index is 12.2. The first-order chi connectivity index (χ1) is 11.8. The zero-order chi connectivity index (χ0) is 18.0. The van der Waals surface area contributed by atoms with Crippen LogP contribution < -0.4 is 5.32 Å². The van der Waals surface area contributed by atoms with E-state index in [1.165, 1.54) is 6.42 Å². The lowest BCUT2D eigenvalue weighted by Gasteiger charge is -2.24. The van der Waals surface area contributed by atoms with Gasteiger partial charge >= 0.3 is 6.09 Å². The van der Waals surface area contributed by atoms with Gasteiger partial charge < -0.3 is 19.5 Å². The van der Waals surface area contributed by atoms with E-state index in [0.29, 0.717) is 12.0 Å². The van der Waals surface area contributed by atoms with Crippen molar-refractivity contribution in [1.29, 1.82) is 0 Å². The van der Waals surface area contributed by atoms with Crippen LogP contribution in [-0.2, 0) is 24.2 Å². The van der Waals surface area contributed by atoms with Gasteiger partial charge in [-0.05, 0) is 52.9 Å². The van der Waals surface area contributed by atoms with E-state index in [9.17, 15) is 4.79 Å². The molecule has 2 unspecified atom stereocenters. The average molecular weight is 349 g/mol. The summed E-state index contributed by atoms with van der Waals surface area (Å²) in [6.07, 6.45) is 4.14. The van der Waals surface area contributed by atoms with Crippen LogP contribution in [0.4, 0.5) is 4.79 Å². The molecule has 2 atom stereocenters. The number of fused-ring (bicyclic) bond motifs is 1. The van der Waals surface area contributed by atoms with Crippen molar-refractivity contribution in [1.82, 2.24) is 25.0 Å². The molecule has 0 spiro atoms. The number of nitrogens with one attached hydrogen (secondary N) is 1. The Morgan fingerprint density at radius 1 is 1.36 bits per heavy atom. The molecule has 1 N–H and O–H groups in total. The van der Waals surface area contributed by atoms with Crippen LogP contribution in [0.3, 0.4) is 0 Å². The third kappa shape index (κ3) is 4.71. The van der Waals surface area contributed by atoms with Gasteiger partial charge in [-0.15, -0.1) is 10.2 Å². The first-order valence-electron chi connectivity index (χ1n) is 9.44. The van der Waals surface area contributed by atoms with Gasteiger partial charge in [-0.1, -0.05) is 0 Å². The molecule has 3 heterocycles. The topological polar surface area (TPSA) is 72.3 Å². The fourth-order valence-corrected chi connectivity index (χ4v) is 3.71. The minimum Gasteiger partial charge on any atom is -0.444 e. The molecule has 0 saturated carbocycles. The third-order valence-corrected chi connectivity index (χ3v) is 4.92. The number of hydrogen-bond donors (Lipinski definition) is 1. The fourth-order valence-electron chi connectivity index (χ4n) is 3.71. The maximum atomic E-state index is 12.2. The van der Waals surface area contributed by atoms with E-state index in [0.717, 1.165) is 57.1 Å². The van der Waals surface area contributed by atoms with Crippen molar-refractivity contribution in [2.24, 2.45) is 5.92 Å². The van der Waals surface area contributed by atoms with Crippen molar-refractivity contribution < 1.29 is 9.53 Å². The number of rotatable bonds is 5. The van der Waals surface area contributed by atoms with Gasteiger partial charge in [-0.2, -0.15) is 0 Å². The van der Waals surface area contributed by atoms with Gasteiger partial charge in [0.25, 0.3) is 0 Å². The molecule has 0 aromatic carbocycles. The molecular formula is C18H31N5O2. The summed E-state index contributed by atoms with van der Waals surface area (Å²) in [6, 6.07) is 0.387. The highest BCUT2D eigenvalue weighted by molar-refractivity contribution is 5.68. The molecule has 0 radical (unpaired) electrons. The van der Waals surface area contributed by atoms with E-state index in [1.807, 2.05) is 25.7 Å². The highest BCUT2D eigenvalue weighted by Gasteiger charge is 2.30. The summed E-state index contributed by atoms with van der Waals surface area (Å²) in [4.78, 5) is 14.0. The predicted octanol–water partition coefficient (Wildman–Crippen LogP) is 2.35. The molecule has 2 aliphatic heterocycles. The number of aryl methyl sites for hydroxylation is 1. The Labute approximate surface area is 150 Å². The smallest absolute Gasteiger partial charge is 0.410 e. The number of likely N-dealkylation sites (tertiary alicyclic amines) is 1. The molecule has 1 amide bonds. The van der Waals surface area contributed by atoms with E-state index >= 15 is 0 Å². The highest BCUT2D eigenvalue weighted by atomic mass is 16.6. The molecule has 25 heavy (non-hydrogen) atoms. The van der Waals surface area contributed by atoms with Gasteiger partial charge in [0.2, 0.25) is 0 Å². The van der Waals surface area contributed by atoms with E-state index in [-0.39, 0.29) is 6.09 Å². The van der Waals surface area contributed by atoms with Gasteiger partial charge in [-0.25, -0.2) is 4.79 Å². The van der Waals surface area contributed by atoms with Crippen LogP contribution in [0, 0.1) is 5.92 Å². The largest absolute Gasteiger partial charge is 0.444 e. The Kier molecular flexibility index (Phi) is 5.32. The maximum Gasteiger partial charge on any atom is 0.410 e. The summed E-state index contributed by atoms with van der Waals surface area (Å²) < 4.78 is 7.70. The number of ether oxygens (including phenoxy) is 1. The number of hydrogen-bond acceptors (Lipinski definition) is 5. The average Bonchev–Trinajstić information content (AvgIpc) is 3.20. The summed E-state index contributed by atoms with van der Waals surface area (Å²) >= 11 is 0. The molecule has 7 nitrogen and oxygen atoms in total. The minimum absolute atomic E-state index is 0.186. The van der Waals surface area contributed by atoms with Crippen LogP contribution >= 0.6 is 0 Å². The normalized spacial score (nSPS) is 21.4. The third-order valence-electron chi connectivity index (χ3n) is 4.92. The number of carbonyl (C=O) groups is 1. The van der Waals surface area contributed by atoms with Crippen LogP contribution in [0.1, 0.15) is 58.6 Å². The summed E-state index contributed by atoms with van der Waals surface area (Å²) in [5.41, 5.74) is -0.428. The second kappa shape index (κ2) is 7.32. The number of aromatic nitrogens is 3. The number of amides is 1. The van der Waals surface area contributed by atoms with Gasteiger partial charge in [0.05, 0.1) is 6.54 Å². The zero-order valence-electron chi connectivity index (χ0n) is 15.9. The molecule has 1 saturated heterocycles. The highest BCUT2D eigenvalue weighted by Crippen LogP contribution is 2.23. The quantitative estimate of drug-likeness (QED) is 0.883. The minimum atomic E-state index is -0.428. The molecule has 1 aromatic heterocycles. The molecule has 0 bridgehead atoms. The molecule has 140 valence electrons. The van der Waals surface area contributed by atoms with E-state index < -0.39 is 5.60 Å². The Morgan fingerprint density at radius 3 is 2.92 bits per heavy atom. The van der Waals surface area contributed by atoms with E-state index in [4.69, 9.17) is 4.74 Å². The van der Waals surface area contributed by atoms with Gasteiger partial charge in [0, 0.05) is 32.1 Å². The lowest BCUT2D eigenvalue weighted by molar-refractivity contribution is 0.0287. The Bertz CT molecular complexity index is 607. The number of carbonyl (C=O) groups excluding carboxylic acids is 1. The molecule has 1 aromatic rings. The standard InChI is InChI=1S/C18H31N5O2/c1-13(19-11-16-21-20-15-6-5-8-23(15)16)10-14-7-9-22(12-14)17(24)25-18(2,3)4/h13-14,19H,5-12H2,1-4H3. The molecule has 2 aliphatic rings. The van der Waals surface area contributed by atoms with Gasteiger partial charge in [0.1, 0.15) is 17.2 Å². The lowest BCUT2D eigenvalue weighted by Crippen LogP contribution is -2.36. The second-order valence-corrected chi connectivity index (χ2v) is 8.39. The van der Waals surface area contributed by atoms with Crippen LogP contribution in [-0.4, -0.2) is 50.5 Å². The monoisotopic (exact) mass is 349 g/mol. The Hall–Kier alpha value is -1.63. The number of nitrogens with zero attached hydrogens (tertiary/aromatic N) is 4. The lowest BCUT2D eigenvalue weighted by atomic mass is 10.00. The van der Waals surface area contributed by atoms with Crippen LogP contribution in [0.5, 0.6) is 0 Å². The second-order valence-electron chi connectivity index (χ2n) is 8.39. The van der Waals surface area contributed by atoms with Crippen LogP contribution in [0.25, 0.3) is 0 Å². The molecule has 3 rings (SSSR count). The summed E-state index contributed by atoms with van der Waals surface area (Å²) in [6.45, 7) is 11.3. The molecular weight excluding hydrogens is 318 g/mol. The fraction of sp³-hybridized carbons (Fsp3) is 0.833. The van der Waals surface area contributed by atoms with E-state index in [2.05, 4.69) is 27.0 Å². The first kappa shape index (κ1) is 18.2. The summed E-state index contributed by atoms with van der Waals surface area (Å²) in [5, 5.41) is 12.1. The van der Waals surface area contributed by atoms with Crippen molar-refractivity contribution in [2.75, 3.05) is 13.1 Å². The van der Waals surface area contributed by atoms with Crippen molar-refractivity contribution in [3.63, 3.8) is 0 Å². The molecule has 1 fully saturated rings. The predicted molar refractivity (Wildman–Crippen MR) is 95.2 cm³/mol. The molecule has 7 heteroatoms. The Balaban J connectivity index is 1.41. The molecule has 0 aliphatic carbocycles. The summed E-state index contributed by atoms with van der Waals surface area (Å²) in [5.74, 6) is 2.69. The van der Waals surface area contributed by atoms with Crippen molar-refractivity contribution in [2.45, 2.75) is 78.1 Å². The van der Waals surface area contributed by atoms with E-state index in [1.54, 1.807) is 0 Å². The van der Waals surface area contributed by atoms with Crippen molar-refractivity contribution in [3.05, 3.63) is 11.6 Å². The van der Waals surface area contributed by atoms with Crippen LogP contribution in [0.15, 0.2) is 0 Å². The van der Waals surface area contributed by atoms with Crippen LogP contribution in [0.2, 0.25) is 0 Å². The Morgan fingerprint density at radius 2 is 2.16 bits per heavy atom. The first-order valence-corrected chi connectivity index (χ1v) is 9.44.